The first-order valence-electron chi connectivity index (χ1n) is 5.38. The summed E-state index contributed by atoms with van der Waals surface area (Å²) in [6.45, 7) is 0. The number of rotatable bonds is 2. The van der Waals surface area contributed by atoms with Gasteiger partial charge < -0.3 is 0 Å². The van der Waals surface area contributed by atoms with Crippen molar-refractivity contribution in [2.24, 2.45) is 0 Å². The minimum absolute atomic E-state index is 0.0456. The molecule has 1 aromatic carbocycles. The van der Waals surface area contributed by atoms with Gasteiger partial charge in [-0.2, -0.15) is 0 Å². The van der Waals surface area contributed by atoms with Gasteiger partial charge in [0, 0.05) is 27.0 Å². The van der Waals surface area contributed by atoms with Crippen LogP contribution in [0, 0.1) is 0 Å². The van der Waals surface area contributed by atoms with E-state index in [2.05, 4.69) is 20.9 Å². The van der Waals surface area contributed by atoms with Crippen molar-refractivity contribution in [1.82, 2.24) is 4.98 Å². The van der Waals surface area contributed by atoms with E-state index < -0.39 is 0 Å². The third kappa shape index (κ3) is 1.98. The number of carbonyl (C=O) groups is 1. The van der Waals surface area contributed by atoms with Crippen molar-refractivity contribution in [2.75, 3.05) is 0 Å². The minimum atomic E-state index is 0.0456. The zero-order chi connectivity index (χ0) is 12.5. The van der Waals surface area contributed by atoms with Gasteiger partial charge >= 0.3 is 0 Å². The number of fused-ring (bicyclic) bond motifs is 1. The summed E-state index contributed by atoms with van der Waals surface area (Å²) in [5.74, 6) is 0.0456. The summed E-state index contributed by atoms with van der Waals surface area (Å²) in [6.07, 6.45) is 1.73. The van der Waals surface area contributed by atoms with Crippen LogP contribution in [0.1, 0.15) is 15.2 Å². The number of aromatic nitrogens is 1. The Labute approximate surface area is 116 Å². The molecule has 18 heavy (non-hydrogen) atoms. The fraction of sp³-hybridized carbons (Fsp3) is 0. The normalized spacial score (nSPS) is 10.7. The molecule has 0 aliphatic rings. The van der Waals surface area contributed by atoms with Gasteiger partial charge in [0.1, 0.15) is 0 Å². The van der Waals surface area contributed by atoms with Crippen LogP contribution in [0.3, 0.4) is 0 Å². The standard InChI is InChI=1S/C14H8BrNOS/c15-9-7-13(18-8-9)14(17)11-3-1-5-12-10(11)4-2-6-16-12/h1-8H. The molecule has 0 unspecified atom stereocenters. The average Bonchev–Trinajstić information content (AvgIpc) is 2.84. The van der Waals surface area contributed by atoms with E-state index >= 15 is 0 Å². The van der Waals surface area contributed by atoms with Crippen molar-refractivity contribution in [3.8, 4) is 0 Å². The summed E-state index contributed by atoms with van der Waals surface area (Å²) in [4.78, 5) is 17.4. The highest BCUT2D eigenvalue weighted by molar-refractivity contribution is 9.10. The van der Waals surface area contributed by atoms with Crippen LogP contribution in [0.15, 0.2) is 52.4 Å². The highest BCUT2D eigenvalue weighted by Crippen LogP contribution is 2.25. The first-order chi connectivity index (χ1) is 8.75. The second-order valence-corrected chi connectivity index (χ2v) is 5.66. The average molecular weight is 318 g/mol. The van der Waals surface area contributed by atoms with Crippen molar-refractivity contribution >= 4 is 44.0 Å². The SMILES string of the molecule is O=C(c1cc(Br)cs1)c1cccc2ncccc12. The van der Waals surface area contributed by atoms with Crippen LogP contribution in [0.25, 0.3) is 10.9 Å². The lowest BCUT2D eigenvalue weighted by molar-refractivity contribution is 0.104. The number of nitrogens with zero attached hydrogens (tertiary/aromatic N) is 1. The molecule has 0 amide bonds. The highest BCUT2D eigenvalue weighted by Gasteiger charge is 2.14. The van der Waals surface area contributed by atoms with Crippen molar-refractivity contribution in [2.45, 2.75) is 0 Å². The maximum atomic E-state index is 12.4. The van der Waals surface area contributed by atoms with Crippen LogP contribution in [0.2, 0.25) is 0 Å². The molecular weight excluding hydrogens is 310 g/mol. The maximum Gasteiger partial charge on any atom is 0.203 e. The Morgan fingerprint density at radius 2 is 2.11 bits per heavy atom. The lowest BCUT2D eigenvalue weighted by Gasteiger charge is -2.03. The molecule has 0 aliphatic carbocycles. The molecule has 0 atom stereocenters. The Kier molecular flexibility index (Phi) is 2.97. The number of benzene rings is 1. The van der Waals surface area contributed by atoms with Gasteiger partial charge in [0.15, 0.2) is 0 Å². The molecular formula is C14H8BrNOS. The molecule has 88 valence electrons. The first kappa shape index (κ1) is 11.6. The van der Waals surface area contributed by atoms with Gasteiger partial charge in [-0.25, -0.2) is 0 Å². The van der Waals surface area contributed by atoms with Crippen molar-refractivity contribution in [3.63, 3.8) is 0 Å². The molecule has 2 heterocycles. The summed E-state index contributed by atoms with van der Waals surface area (Å²) in [7, 11) is 0. The number of pyridine rings is 1. The molecule has 0 fully saturated rings. The lowest BCUT2D eigenvalue weighted by Crippen LogP contribution is -1.99. The molecule has 4 heteroatoms. The van der Waals surface area contributed by atoms with E-state index in [1.54, 1.807) is 6.20 Å². The molecule has 2 aromatic heterocycles. The quantitative estimate of drug-likeness (QED) is 0.660. The van der Waals surface area contributed by atoms with E-state index in [-0.39, 0.29) is 5.78 Å². The first-order valence-corrected chi connectivity index (χ1v) is 7.05. The van der Waals surface area contributed by atoms with E-state index in [0.29, 0.717) is 5.56 Å². The zero-order valence-electron chi connectivity index (χ0n) is 9.26. The largest absolute Gasteiger partial charge is 0.288 e. The van der Waals surface area contributed by atoms with E-state index in [1.807, 2.05) is 41.8 Å². The maximum absolute atomic E-state index is 12.4. The Bertz CT molecular complexity index is 730. The second kappa shape index (κ2) is 4.63. The predicted molar refractivity (Wildman–Crippen MR) is 77.2 cm³/mol. The monoisotopic (exact) mass is 317 g/mol. The molecule has 2 nitrogen and oxygen atoms in total. The Morgan fingerprint density at radius 3 is 2.89 bits per heavy atom. The Morgan fingerprint density at radius 1 is 1.22 bits per heavy atom. The molecule has 0 radical (unpaired) electrons. The summed E-state index contributed by atoms with van der Waals surface area (Å²) in [5.41, 5.74) is 1.55. The number of carbonyl (C=O) groups excluding carboxylic acids is 1. The van der Waals surface area contributed by atoms with Gasteiger partial charge in [-0.05, 0) is 34.1 Å². The van der Waals surface area contributed by atoms with Gasteiger partial charge in [0.25, 0.3) is 0 Å². The fourth-order valence-corrected chi connectivity index (χ4v) is 3.25. The van der Waals surface area contributed by atoms with E-state index in [9.17, 15) is 4.79 Å². The van der Waals surface area contributed by atoms with Gasteiger partial charge in [0.2, 0.25) is 5.78 Å². The molecule has 0 spiro atoms. The van der Waals surface area contributed by atoms with Crippen LogP contribution in [-0.2, 0) is 0 Å². The van der Waals surface area contributed by atoms with Crippen LogP contribution in [-0.4, -0.2) is 10.8 Å². The molecule has 0 N–H and O–H groups in total. The molecule has 0 bridgehead atoms. The van der Waals surface area contributed by atoms with Gasteiger partial charge in [-0.15, -0.1) is 11.3 Å². The topological polar surface area (TPSA) is 30.0 Å². The van der Waals surface area contributed by atoms with Crippen molar-refractivity contribution in [3.05, 3.63) is 62.9 Å². The summed E-state index contributed by atoms with van der Waals surface area (Å²) < 4.78 is 0.939. The van der Waals surface area contributed by atoms with Crippen molar-refractivity contribution in [1.29, 1.82) is 0 Å². The van der Waals surface area contributed by atoms with E-state index in [1.165, 1.54) is 11.3 Å². The predicted octanol–water partition coefficient (Wildman–Crippen LogP) is 4.29. The van der Waals surface area contributed by atoms with E-state index in [0.717, 1.165) is 20.3 Å². The van der Waals surface area contributed by atoms with Crippen LogP contribution in [0.5, 0.6) is 0 Å². The lowest BCUT2D eigenvalue weighted by atomic mass is 10.0. The number of ketones is 1. The van der Waals surface area contributed by atoms with Gasteiger partial charge in [-0.1, -0.05) is 18.2 Å². The third-order valence-electron chi connectivity index (χ3n) is 2.68. The van der Waals surface area contributed by atoms with Crippen LogP contribution in [0.4, 0.5) is 0 Å². The smallest absolute Gasteiger partial charge is 0.203 e. The molecule has 0 aliphatic heterocycles. The van der Waals surface area contributed by atoms with Crippen molar-refractivity contribution < 1.29 is 4.79 Å². The summed E-state index contributed by atoms with van der Waals surface area (Å²) in [5, 5.41) is 2.81. The summed E-state index contributed by atoms with van der Waals surface area (Å²) in [6, 6.07) is 11.3. The van der Waals surface area contributed by atoms with Crippen LogP contribution >= 0.6 is 27.3 Å². The second-order valence-electron chi connectivity index (χ2n) is 3.83. The van der Waals surface area contributed by atoms with E-state index in [4.69, 9.17) is 0 Å². The number of halogens is 1. The highest BCUT2D eigenvalue weighted by atomic mass is 79.9. The zero-order valence-corrected chi connectivity index (χ0v) is 11.7. The minimum Gasteiger partial charge on any atom is -0.288 e. The summed E-state index contributed by atoms with van der Waals surface area (Å²) >= 11 is 4.81. The van der Waals surface area contributed by atoms with Crippen LogP contribution < -0.4 is 0 Å². The Hall–Kier alpha value is -1.52. The molecule has 0 saturated heterocycles. The van der Waals surface area contributed by atoms with Gasteiger partial charge in [0.05, 0.1) is 10.4 Å². The number of hydrogen-bond donors (Lipinski definition) is 0. The number of hydrogen-bond acceptors (Lipinski definition) is 3. The Balaban J connectivity index is 2.17. The molecule has 3 rings (SSSR count). The number of thiophene rings is 1. The fourth-order valence-electron chi connectivity index (χ4n) is 1.87. The van der Waals surface area contributed by atoms with Gasteiger partial charge in [-0.3, -0.25) is 9.78 Å². The molecule has 3 aromatic rings. The molecule has 0 saturated carbocycles. The third-order valence-corrected chi connectivity index (χ3v) is 4.37.